The van der Waals surface area contributed by atoms with Gasteiger partial charge in [0.2, 0.25) is 0 Å². The molecule has 0 aliphatic carbocycles. The van der Waals surface area contributed by atoms with E-state index in [4.69, 9.17) is 12.3 Å². The Morgan fingerprint density at radius 3 is 1.32 bits per heavy atom. The van der Waals surface area contributed by atoms with Gasteiger partial charge in [-0.05, 0) is 109 Å². The van der Waals surface area contributed by atoms with Crippen molar-refractivity contribution in [3.05, 3.63) is 224 Å². The molecule has 0 N–H and O–H groups in total. The van der Waals surface area contributed by atoms with Crippen molar-refractivity contribution >= 4 is 27.8 Å². The van der Waals surface area contributed by atoms with Crippen LogP contribution in [0.5, 0.6) is 0 Å². The van der Waals surface area contributed by atoms with E-state index in [1.807, 2.05) is 84.9 Å². The molecule has 0 aliphatic rings. The fourth-order valence-electron chi connectivity index (χ4n) is 6.07. The second-order valence-corrected chi connectivity index (χ2v) is 12.1. The number of anilines is 3. The summed E-state index contributed by atoms with van der Waals surface area (Å²) in [6.45, 7) is 0. The molecule has 0 unspecified atom stereocenters. The van der Waals surface area contributed by atoms with Crippen molar-refractivity contribution in [2.75, 3.05) is 4.90 Å². The minimum Gasteiger partial charge on any atom is -0.310 e. The summed E-state index contributed by atoms with van der Waals surface area (Å²) in [5.41, 5.74) is 0.206. The summed E-state index contributed by atoms with van der Waals surface area (Å²) >= 11 is 0. The second kappa shape index (κ2) is 14.3. The Bertz CT molecular complexity index is 3520. The fraction of sp³-hybridized carbons (Fsp3) is 0. The molecule has 53 heavy (non-hydrogen) atoms. The van der Waals surface area contributed by atoms with E-state index in [0.29, 0.717) is 11.1 Å². The lowest BCUT2D eigenvalue weighted by Gasteiger charge is -2.26. The molecule has 0 saturated carbocycles. The van der Waals surface area contributed by atoms with Crippen LogP contribution >= 0.6 is 0 Å². The molecule has 250 valence electrons. The number of nitrogens with zero attached hydrogens (tertiary/aromatic N) is 1. The first-order valence-electron chi connectivity index (χ1n) is 25.3. The highest BCUT2D eigenvalue weighted by molar-refractivity contribution is 5.89. The molecule has 1 nitrogen and oxygen atoms in total. The van der Waals surface area contributed by atoms with Crippen molar-refractivity contribution in [3.8, 4) is 55.6 Å². The molecule has 0 heterocycles. The molecule has 0 bridgehead atoms. The summed E-state index contributed by atoms with van der Waals surface area (Å²) in [4.78, 5) is 1.13. The van der Waals surface area contributed by atoms with Crippen LogP contribution in [-0.4, -0.2) is 0 Å². The average Bonchev–Trinajstić information content (AvgIpc) is 3.37. The maximum absolute atomic E-state index is 9.55. The molecule has 0 amide bonds. The number of rotatable bonds is 8. The van der Waals surface area contributed by atoms with Gasteiger partial charge in [-0.1, -0.05) is 182 Å². The summed E-state index contributed by atoms with van der Waals surface area (Å²) in [7, 11) is 0. The van der Waals surface area contributed by atoms with Gasteiger partial charge in [0.25, 0.3) is 0 Å². The Hall–Kier alpha value is -6.96. The predicted molar refractivity (Wildman–Crippen MR) is 226 cm³/mol. The molecular weight excluding hydrogens is 639 g/mol. The maximum atomic E-state index is 9.55. The van der Waals surface area contributed by atoms with Crippen LogP contribution in [0.2, 0.25) is 0 Å². The Balaban J connectivity index is 1.27. The topological polar surface area (TPSA) is 3.24 Å². The smallest absolute Gasteiger partial charge is 0.0645 e. The molecule has 1 heteroatoms. The largest absolute Gasteiger partial charge is 0.310 e. The standard InChI is InChI=1S/C52H37N/c1-3-10-38(11-4-1)41-18-22-43(23-19-41)45-28-32-50(33-29-45)53(52-17-9-16-48(37-52)49-27-26-40-14-7-8-15-47(40)36-49)51-34-30-46(31-35-51)44-24-20-42(21-25-44)39-12-5-2-6-13-39/h1-37H/i1D,3D,4D,10D,11D,18D,19D,22D,23D,28D,29D,30D,31D,32D,33D,34D,35D. The van der Waals surface area contributed by atoms with Crippen molar-refractivity contribution in [1.29, 1.82) is 0 Å². The Labute approximate surface area is 335 Å². The Kier molecular flexibility index (Phi) is 5.01. The quantitative estimate of drug-likeness (QED) is 0.153. The molecule has 9 aromatic rings. The van der Waals surface area contributed by atoms with Crippen molar-refractivity contribution < 1.29 is 23.3 Å². The highest BCUT2D eigenvalue weighted by atomic mass is 15.1. The van der Waals surface area contributed by atoms with Gasteiger partial charge >= 0.3 is 0 Å². The van der Waals surface area contributed by atoms with E-state index in [1.54, 1.807) is 36.4 Å². The number of hydrogen-bond donors (Lipinski definition) is 0. The monoisotopic (exact) mass is 692 g/mol. The minimum atomic E-state index is -0.872. The van der Waals surface area contributed by atoms with Crippen molar-refractivity contribution in [2.45, 2.75) is 0 Å². The van der Waals surface area contributed by atoms with Crippen LogP contribution in [-0.2, 0) is 0 Å². The molecule has 0 atom stereocenters. The molecular formula is C52H37N. The average molecular weight is 693 g/mol. The van der Waals surface area contributed by atoms with Gasteiger partial charge in [-0.3, -0.25) is 0 Å². The number of fused-ring (bicyclic) bond motifs is 1. The Morgan fingerprint density at radius 2 is 0.698 bits per heavy atom. The lowest BCUT2D eigenvalue weighted by Crippen LogP contribution is -2.10. The van der Waals surface area contributed by atoms with Gasteiger partial charge in [0.1, 0.15) is 0 Å². The molecule has 9 rings (SSSR count). The lowest BCUT2D eigenvalue weighted by atomic mass is 9.99. The zero-order valence-electron chi connectivity index (χ0n) is 45.0. The minimum absolute atomic E-state index is 0.0199. The number of benzene rings is 9. The first-order chi connectivity index (χ1) is 33.3. The third-order valence-electron chi connectivity index (χ3n) is 8.76. The van der Waals surface area contributed by atoms with Gasteiger partial charge in [-0.25, -0.2) is 0 Å². The number of hydrogen-bond acceptors (Lipinski definition) is 1. The molecule has 0 fully saturated rings. The van der Waals surface area contributed by atoms with Crippen LogP contribution in [0.15, 0.2) is 224 Å². The van der Waals surface area contributed by atoms with Crippen LogP contribution < -0.4 is 4.90 Å². The van der Waals surface area contributed by atoms with Gasteiger partial charge in [-0.15, -0.1) is 0 Å². The van der Waals surface area contributed by atoms with Crippen LogP contribution in [0.4, 0.5) is 17.1 Å². The van der Waals surface area contributed by atoms with E-state index in [-0.39, 0.29) is 11.3 Å². The third-order valence-corrected chi connectivity index (χ3v) is 8.76. The van der Waals surface area contributed by atoms with Gasteiger partial charge in [0.15, 0.2) is 0 Å². The van der Waals surface area contributed by atoms with Crippen molar-refractivity contribution in [2.24, 2.45) is 0 Å². The van der Waals surface area contributed by atoms with E-state index < -0.39 is 136 Å². The highest BCUT2D eigenvalue weighted by Crippen LogP contribution is 2.39. The van der Waals surface area contributed by atoms with Crippen LogP contribution in [0.3, 0.4) is 0 Å². The molecule has 0 saturated heterocycles. The fourth-order valence-corrected chi connectivity index (χ4v) is 6.07. The van der Waals surface area contributed by atoms with Crippen molar-refractivity contribution in [3.63, 3.8) is 0 Å². The normalized spacial score (nSPS) is 15.5. The first kappa shape index (κ1) is 18.5. The molecule has 0 aliphatic heterocycles. The summed E-state index contributed by atoms with van der Waals surface area (Å²) < 4.78 is 153. The zero-order valence-corrected chi connectivity index (χ0v) is 28.0. The Morgan fingerprint density at radius 1 is 0.264 bits per heavy atom. The van der Waals surface area contributed by atoms with E-state index >= 15 is 0 Å². The second-order valence-electron chi connectivity index (χ2n) is 12.1. The van der Waals surface area contributed by atoms with Crippen LogP contribution in [0.1, 0.15) is 23.3 Å². The summed E-state index contributed by atoms with van der Waals surface area (Å²) in [6, 6.07) is 24.2. The van der Waals surface area contributed by atoms with Gasteiger partial charge in [0, 0.05) is 17.1 Å². The first-order valence-corrected chi connectivity index (χ1v) is 16.8. The van der Waals surface area contributed by atoms with Gasteiger partial charge < -0.3 is 4.90 Å². The maximum Gasteiger partial charge on any atom is 0.0645 e. The summed E-state index contributed by atoms with van der Waals surface area (Å²) in [5, 5.41) is 1.91. The van der Waals surface area contributed by atoms with E-state index in [0.717, 1.165) is 32.4 Å². The van der Waals surface area contributed by atoms with Crippen molar-refractivity contribution in [1.82, 2.24) is 0 Å². The van der Waals surface area contributed by atoms with E-state index in [1.165, 1.54) is 0 Å². The van der Waals surface area contributed by atoms with Gasteiger partial charge in [0.05, 0.1) is 23.3 Å². The molecule has 0 radical (unpaired) electrons. The van der Waals surface area contributed by atoms with E-state index in [9.17, 15) is 11.0 Å². The predicted octanol–water partition coefficient (Wildman–Crippen LogP) is 14.6. The molecule has 0 aromatic heterocycles. The summed E-state index contributed by atoms with van der Waals surface area (Å²) in [5.74, 6) is 0. The zero-order chi connectivity index (χ0) is 50.2. The lowest BCUT2D eigenvalue weighted by molar-refractivity contribution is 1.28. The molecule has 0 spiro atoms. The SMILES string of the molecule is [2H]c1c([2H])c([2H])c(-c2c([2H])c([2H])c(-c3c([2H])c([2H])c(N(c4cccc(-c5ccc6ccccc6c5)c4)c4c([2H])c([2H])c(-c5ccc(-c6ccccc6)cc5)c([2H])c4[2H])c([2H])c3[2H])c([2H])c2[2H])c([2H])c1[2H]. The van der Waals surface area contributed by atoms with Crippen LogP contribution in [0.25, 0.3) is 66.4 Å². The third kappa shape index (κ3) is 6.77. The highest BCUT2D eigenvalue weighted by Gasteiger charge is 2.15. The molecule has 9 aromatic carbocycles. The van der Waals surface area contributed by atoms with Gasteiger partial charge in [-0.2, -0.15) is 0 Å². The summed E-state index contributed by atoms with van der Waals surface area (Å²) in [6.07, 6.45) is 0. The van der Waals surface area contributed by atoms with E-state index in [2.05, 4.69) is 0 Å². The van der Waals surface area contributed by atoms with Crippen LogP contribution in [0, 0.1) is 0 Å².